The van der Waals surface area contributed by atoms with Gasteiger partial charge in [0.15, 0.2) is 0 Å². The molecule has 0 heterocycles. The van der Waals surface area contributed by atoms with Crippen LogP contribution in [0.3, 0.4) is 0 Å². The molecule has 3 N–H and O–H groups in total. The number of hydrogen-bond donors (Lipinski definition) is 3. The van der Waals surface area contributed by atoms with Gasteiger partial charge in [-0.25, -0.2) is 4.39 Å². The molecule has 2 rings (SSSR count). The van der Waals surface area contributed by atoms with Crippen LogP contribution in [0.1, 0.15) is 50.2 Å². The van der Waals surface area contributed by atoms with Gasteiger partial charge in [-0.2, -0.15) is 0 Å². The zero-order valence-corrected chi connectivity index (χ0v) is 18.2. The minimum atomic E-state index is -1.10. The first-order chi connectivity index (χ1) is 14.9. The van der Waals surface area contributed by atoms with Crippen molar-refractivity contribution in [3.05, 3.63) is 59.7 Å². The number of ether oxygens (including phenoxy) is 1. The number of aliphatic hydroxyl groups is 2. The Hall–Kier alpha value is -2.02. The van der Waals surface area contributed by atoms with Gasteiger partial charge in [-0.05, 0) is 37.3 Å². The van der Waals surface area contributed by atoms with E-state index in [1.54, 1.807) is 12.2 Å². The van der Waals surface area contributed by atoms with Crippen LogP contribution in [0.5, 0.6) is 0 Å². The Morgan fingerprint density at radius 2 is 2.10 bits per heavy atom. The normalized spacial score (nSPS) is 24.9. The van der Waals surface area contributed by atoms with E-state index < -0.39 is 24.3 Å². The highest BCUT2D eigenvalue weighted by molar-refractivity contribution is 5.66. The number of alkyl halides is 1. The number of halogens is 1. The molecule has 1 aromatic rings. The molecule has 1 unspecified atom stereocenters. The molecule has 6 heteroatoms. The van der Waals surface area contributed by atoms with E-state index in [0.717, 1.165) is 11.1 Å². The average Bonchev–Trinajstić information content (AvgIpc) is 2.99. The minimum Gasteiger partial charge on any atom is -0.481 e. The van der Waals surface area contributed by atoms with Gasteiger partial charge in [-0.3, -0.25) is 4.79 Å². The van der Waals surface area contributed by atoms with E-state index in [4.69, 9.17) is 9.84 Å². The standard InChI is InChI=1S/C25H35FO5/c1-2-31-17-19-9-7-8-18(14-19)15-20(27)12-13-22-21(23(26)16-24(22)28)10-5-3-4-6-11-25(29)30/h3,5,7-9,12-14,20-24,27-28H,2,4,6,10-11,15-17H2,1H3,(H,29,30)/b5-3-,13-12+/t20?,21-,22-,23-,24-/m1/s1. The molecule has 1 saturated carbocycles. The van der Waals surface area contributed by atoms with Crippen LogP contribution < -0.4 is 0 Å². The number of aliphatic hydroxyl groups excluding tert-OH is 2. The smallest absolute Gasteiger partial charge is 0.303 e. The third-order valence-corrected chi connectivity index (χ3v) is 5.67. The molecule has 0 bridgehead atoms. The van der Waals surface area contributed by atoms with Crippen LogP contribution in [0.2, 0.25) is 0 Å². The lowest BCUT2D eigenvalue weighted by atomic mass is 9.89. The molecule has 0 aromatic heterocycles. The monoisotopic (exact) mass is 434 g/mol. The maximum atomic E-state index is 14.4. The summed E-state index contributed by atoms with van der Waals surface area (Å²) in [6, 6.07) is 7.88. The van der Waals surface area contributed by atoms with Crippen molar-refractivity contribution >= 4 is 5.97 Å². The number of rotatable bonds is 13. The van der Waals surface area contributed by atoms with Crippen LogP contribution in [0.15, 0.2) is 48.6 Å². The second-order valence-electron chi connectivity index (χ2n) is 8.17. The molecule has 1 aromatic carbocycles. The van der Waals surface area contributed by atoms with Crippen LogP contribution in [0.4, 0.5) is 4.39 Å². The van der Waals surface area contributed by atoms with E-state index >= 15 is 0 Å². The van der Waals surface area contributed by atoms with Gasteiger partial charge in [0.2, 0.25) is 0 Å². The number of allylic oxidation sites excluding steroid dienone is 2. The van der Waals surface area contributed by atoms with Crippen LogP contribution in [-0.4, -0.2) is 46.3 Å². The summed E-state index contributed by atoms with van der Waals surface area (Å²) in [5.41, 5.74) is 2.04. The number of aliphatic carboxylic acids is 1. The summed E-state index contributed by atoms with van der Waals surface area (Å²) >= 11 is 0. The van der Waals surface area contributed by atoms with Crippen molar-refractivity contribution in [3.8, 4) is 0 Å². The Bertz CT molecular complexity index is 732. The first-order valence-corrected chi connectivity index (χ1v) is 11.1. The van der Waals surface area contributed by atoms with Gasteiger partial charge in [-0.1, -0.05) is 48.6 Å². The fraction of sp³-hybridized carbons (Fsp3) is 0.560. The average molecular weight is 435 g/mol. The first-order valence-electron chi connectivity index (χ1n) is 11.1. The summed E-state index contributed by atoms with van der Waals surface area (Å²) in [6.07, 6.45) is 6.91. The van der Waals surface area contributed by atoms with Gasteiger partial charge in [0.1, 0.15) is 6.17 Å². The lowest BCUT2D eigenvalue weighted by Crippen LogP contribution is -2.19. The van der Waals surface area contributed by atoms with Gasteiger partial charge in [-0.15, -0.1) is 0 Å². The molecular weight excluding hydrogens is 399 g/mol. The Morgan fingerprint density at radius 1 is 1.32 bits per heavy atom. The second kappa shape index (κ2) is 13.4. The van der Waals surface area contributed by atoms with Gasteiger partial charge in [0.05, 0.1) is 18.8 Å². The van der Waals surface area contributed by atoms with E-state index in [2.05, 4.69) is 0 Å². The van der Waals surface area contributed by atoms with Gasteiger partial charge in [0.25, 0.3) is 0 Å². The first kappa shape index (κ1) is 25.2. The third kappa shape index (κ3) is 8.93. The molecule has 172 valence electrons. The summed E-state index contributed by atoms with van der Waals surface area (Å²) < 4.78 is 19.8. The highest BCUT2D eigenvalue weighted by Crippen LogP contribution is 2.38. The predicted molar refractivity (Wildman–Crippen MR) is 118 cm³/mol. The minimum absolute atomic E-state index is 0.0993. The summed E-state index contributed by atoms with van der Waals surface area (Å²) in [5.74, 6) is -1.51. The molecule has 1 aliphatic carbocycles. The number of carboxylic acids is 1. The number of hydrogen-bond acceptors (Lipinski definition) is 4. The highest BCUT2D eigenvalue weighted by atomic mass is 19.1. The van der Waals surface area contributed by atoms with Crippen molar-refractivity contribution < 1.29 is 29.2 Å². The fourth-order valence-corrected chi connectivity index (χ4v) is 4.04. The number of benzene rings is 1. The summed E-state index contributed by atoms with van der Waals surface area (Å²) in [7, 11) is 0. The van der Waals surface area contributed by atoms with Crippen molar-refractivity contribution in [1.82, 2.24) is 0 Å². The van der Waals surface area contributed by atoms with Crippen LogP contribution in [0.25, 0.3) is 0 Å². The van der Waals surface area contributed by atoms with Gasteiger partial charge in [0, 0.05) is 37.7 Å². The molecule has 31 heavy (non-hydrogen) atoms. The maximum absolute atomic E-state index is 14.4. The molecule has 5 atom stereocenters. The van der Waals surface area contributed by atoms with E-state index in [1.165, 1.54) is 0 Å². The largest absolute Gasteiger partial charge is 0.481 e. The van der Waals surface area contributed by atoms with E-state index in [-0.39, 0.29) is 24.7 Å². The Balaban J connectivity index is 1.89. The Morgan fingerprint density at radius 3 is 2.84 bits per heavy atom. The zero-order valence-electron chi connectivity index (χ0n) is 18.2. The van der Waals surface area contributed by atoms with Crippen molar-refractivity contribution in [2.45, 2.75) is 70.4 Å². The molecule has 0 spiro atoms. The molecule has 0 amide bonds. The van der Waals surface area contributed by atoms with E-state index in [1.807, 2.05) is 43.3 Å². The second-order valence-corrected chi connectivity index (χ2v) is 8.17. The number of unbranched alkanes of at least 4 members (excludes halogenated alkanes) is 1. The highest BCUT2D eigenvalue weighted by Gasteiger charge is 2.40. The molecule has 0 aliphatic heterocycles. The third-order valence-electron chi connectivity index (χ3n) is 5.67. The summed E-state index contributed by atoms with van der Waals surface area (Å²) in [4.78, 5) is 10.5. The molecular formula is C25H35FO5. The molecule has 1 aliphatic rings. The predicted octanol–water partition coefficient (Wildman–Crippen LogP) is 4.22. The maximum Gasteiger partial charge on any atom is 0.303 e. The fourth-order valence-electron chi connectivity index (χ4n) is 4.04. The SMILES string of the molecule is CCOCc1cccc(CC(O)/C=C/[C@@H]2[C@@H](C/C=C\CCCC(=O)O)[C@H](F)C[C@H]2O)c1. The molecule has 0 radical (unpaired) electrons. The lowest BCUT2D eigenvalue weighted by molar-refractivity contribution is -0.137. The zero-order chi connectivity index (χ0) is 22.6. The Labute approximate surface area is 184 Å². The van der Waals surface area contributed by atoms with Crippen LogP contribution in [-0.2, 0) is 22.6 Å². The van der Waals surface area contributed by atoms with Crippen LogP contribution in [0, 0.1) is 11.8 Å². The summed E-state index contributed by atoms with van der Waals surface area (Å²) in [6.45, 7) is 3.13. The lowest BCUT2D eigenvalue weighted by Gasteiger charge is -2.19. The Kier molecular flexibility index (Phi) is 10.9. The van der Waals surface area contributed by atoms with Crippen LogP contribution >= 0.6 is 0 Å². The van der Waals surface area contributed by atoms with Crippen molar-refractivity contribution in [2.75, 3.05) is 6.61 Å². The molecule has 5 nitrogen and oxygen atoms in total. The molecule has 0 saturated heterocycles. The number of carboxylic acid groups (broad SMARTS) is 1. The quantitative estimate of drug-likeness (QED) is 0.320. The summed E-state index contributed by atoms with van der Waals surface area (Å²) in [5, 5.41) is 29.4. The van der Waals surface area contributed by atoms with Gasteiger partial charge < -0.3 is 20.1 Å². The van der Waals surface area contributed by atoms with E-state index in [0.29, 0.717) is 38.9 Å². The van der Waals surface area contributed by atoms with Crippen molar-refractivity contribution in [2.24, 2.45) is 11.8 Å². The van der Waals surface area contributed by atoms with Crippen molar-refractivity contribution in [1.29, 1.82) is 0 Å². The topological polar surface area (TPSA) is 87.0 Å². The number of carbonyl (C=O) groups is 1. The van der Waals surface area contributed by atoms with Gasteiger partial charge >= 0.3 is 5.97 Å². The van der Waals surface area contributed by atoms with Crippen molar-refractivity contribution in [3.63, 3.8) is 0 Å². The van der Waals surface area contributed by atoms with E-state index in [9.17, 15) is 19.4 Å². The molecule has 1 fully saturated rings.